The van der Waals surface area contributed by atoms with Crippen molar-refractivity contribution >= 4 is 11.8 Å². The van der Waals surface area contributed by atoms with E-state index in [1.54, 1.807) is 12.2 Å². The summed E-state index contributed by atoms with van der Waals surface area (Å²) in [6.07, 6.45) is 6.07. The van der Waals surface area contributed by atoms with Gasteiger partial charge in [-0.05, 0) is 5.92 Å². The number of ketones is 1. The molecule has 0 aromatic rings. The standard InChI is InChI=1S/C11H14O3/c1-8-3-4-9(10(12)7-8)5-6-11(13)14-2/h3-5,8H,6-7H2,1-2H3/b9-5+. The van der Waals surface area contributed by atoms with Crippen LogP contribution in [0.15, 0.2) is 23.8 Å². The molecule has 14 heavy (non-hydrogen) atoms. The number of carbonyl (C=O) groups excluding carboxylic acids is 2. The third-order valence-electron chi connectivity index (χ3n) is 2.15. The maximum Gasteiger partial charge on any atom is 0.309 e. The van der Waals surface area contributed by atoms with Crippen molar-refractivity contribution in [3.63, 3.8) is 0 Å². The van der Waals surface area contributed by atoms with Gasteiger partial charge in [0.05, 0.1) is 13.5 Å². The summed E-state index contributed by atoms with van der Waals surface area (Å²) >= 11 is 0. The van der Waals surface area contributed by atoms with E-state index < -0.39 is 0 Å². The summed E-state index contributed by atoms with van der Waals surface area (Å²) in [5, 5.41) is 0. The molecule has 1 aliphatic carbocycles. The quantitative estimate of drug-likeness (QED) is 0.495. The summed E-state index contributed by atoms with van der Waals surface area (Å²) < 4.78 is 4.48. The smallest absolute Gasteiger partial charge is 0.309 e. The predicted octanol–water partition coefficient (Wildman–Crippen LogP) is 1.64. The molecule has 0 saturated heterocycles. The van der Waals surface area contributed by atoms with Crippen LogP contribution < -0.4 is 0 Å². The van der Waals surface area contributed by atoms with E-state index in [9.17, 15) is 9.59 Å². The van der Waals surface area contributed by atoms with Crippen LogP contribution in [0.1, 0.15) is 19.8 Å². The van der Waals surface area contributed by atoms with E-state index in [0.29, 0.717) is 17.9 Å². The summed E-state index contributed by atoms with van der Waals surface area (Å²) in [7, 11) is 1.33. The fraction of sp³-hybridized carbons (Fsp3) is 0.455. The second-order valence-electron chi connectivity index (χ2n) is 3.40. The Hall–Kier alpha value is -1.38. The van der Waals surface area contributed by atoms with E-state index in [-0.39, 0.29) is 18.2 Å². The molecular weight excluding hydrogens is 180 g/mol. The number of allylic oxidation sites excluding steroid dienone is 3. The van der Waals surface area contributed by atoms with Gasteiger partial charge in [0.15, 0.2) is 5.78 Å². The molecule has 1 rings (SSSR count). The van der Waals surface area contributed by atoms with Gasteiger partial charge >= 0.3 is 5.97 Å². The predicted molar refractivity (Wildman–Crippen MR) is 52.6 cm³/mol. The molecule has 1 atom stereocenters. The zero-order chi connectivity index (χ0) is 10.6. The molecule has 1 unspecified atom stereocenters. The maximum absolute atomic E-state index is 11.4. The molecule has 0 aromatic heterocycles. The van der Waals surface area contributed by atoms with Crippen molar-refractivity contribution in [3.8, 4) is 0 Å². The van der Waals surface area contributed by atoms with Crippen LogP contribution in [-0.2, 0) is 14.3 Å². The molecule has 0 spiro atoms. The normalized spacial score (nSPS) is 24.0. The lowest BCUT2D eigenvalue weighted by Gasteiger charge is -2.11. The first-order chi connectivity index (χ1) is 6.63. The van der Waals surface area contributed by atoms with Crippen LogP contribution in [0.5, 0.6) is 0 Å². The Balaban J connectivity index is 2.64. The highest BCUT2D eigenvalue weighted by atomic mass is 16.5. The van der Waals surface area contributed by atoms with Gasteiger partial charge in [-0.3, -0.25) is 9.59 Å². The molecule has 3 nitrogen and oxygen atoms in total. The zero-order valence-electron chi connectivity index (χ0n) is 8.45. The van der Waals surface area contributed by atoms with E-state index in [1.807, 2.05) is 13.0 Å². The van der Waals surface area contributed by atoms with Crippen LogP contribution in [-0.4, -0.2) is 18.9 Å². The SMILES string of the molecule is COC(=O)C/C=C1\C=CC(C)CC1=O. The van der Waals surface area contributed by atoms with E-state index in [1.165, 1.54) is 7.11 Å². The van der Waals surface area contributed by atoms with Gasteiger partial charge in [-0.2, -0.15) is 0 Å². The third-order valence-corrected chi connectivity index (χ3v) is 2.15. The Kier molecular flexibility index (Phi) is 3.63. The summed E-state index contributed by atoms with van der Waals surface area (Å²) in [6, 6.07) is 0. The van der Waals surface area contributed by atoms with Gasteiger partial charge in [0.25, 0.3) is 0 Å². The zero-order valence-corrected chi connectivity index (χ0v) is 8.45. The number of esters is 1. The number of carbonyl (C=O) groups is 2. The molecule has 76 valence electrons. The van der Waals surface area contributed by atoms with Crippen molar-refractivity contribution in [1.29, 1.82) is 0 Å². The third kappa shape index (κ3) is 2.83. The molecule has 0 amide bonds. The topological polar surface area (TPSA) is 43.4 Å². The van der Waals surface area contributed by atoms with E-state index in [4.69, 9.17) is 0 Å². The Morgan fingerprint density at radius 2 is 2.43 bits per heavy atom. The molecule has 1 aliphatic rings. The molecule has 0 heterocycles. The number of hydrogen-bond donors (Lipinski definition) is 0. The van der Waals surface area contributed by atoms with Crippen LogP contribution in [0.3, 0.4) is 0 Å². The number of methoxy groups -OCH3 is 1. The molecule has 0 aliphatic heterocycles. The van der Waals surface area contributed by atoms with Crippen LogP contribution >= 0.6 is 0 Å². The van der Waals surface area contributed by atoms with Crippen molar-refractivity contribution in [3.05, 3.63) is 23.8 Å². The largest absolute Gasteiger partial charge is 0.469 e. The number of ether oxygens (including phenoxy) is 1. The van der Waals surface area contributed by atoms with Crippen molar-refractivity contribution < 1.29 is 14.3 Å². The molecule has 0 aromatic carbocycles. The average Bonchev–Trinajstić information content (AvgIpc) is 2.16. The lowest BCUT2D eigenvalue weighted by Crippen LogP contribution is -2.11. The van der Waals surface area contributed by atoms with Gasteiger partial charge in [-0.15, -0.1) is 0 Å². The first-order valence-electron chi connectivity index (χ1n) is 4.62. The summed E-state index contributed by atoms with van der Waals surface area (Å²) in [6.45, 7) is 1.99. The second-order valence-corrected chi connectivity index (χ2v) is 3.40. The average molecular weight is 194 g/mol. The second kappa shape index (κ2) is 4.74. The Morgan fingerprint density at radius 1 is 1.71 bits per heavy atom. The summed E-state index contributed by atoms with van der Waals surface area (Å²) in [5.74, 6) is 0.0824. The van der Waals surface area contributed by atoms with Crippen molar-refractivity contribution in [2.24, 2.45) is 5.92 Å². The Bertz CT molecular complexity index is 300. The molecule has 0 bridgehead atoms. The highest BCUT2D eigenvalue weighted by Gasteiger charge is 2.15. The van der Waals surface area contributed by atoms with Gasteiger partial charge in [0, 0.05) is 12.0 Å². The highest BCUT2D eigenvalue weighted by Crippen LogP contribution is 2.18. The van der Waals surface area contributed by atoms with Gasteiger partial charge < -0.3 is 4.74 Å². The number of hydrogen-bond acceptors (Lipinski definition) is 3. The Morgan fingerprint density at radius 3 is 3.00 bits per heavy atom. The van der Waals surface area contributed by atoms with Gasteiger partial charge in [-0.1, -0.05) is 25.2 Å². The van der Waals surface area contributed by atoms with Crippen LogP contribution in [0.4, 0.5) is 0 Å². The first-order valence-corrected chi connectivity index (χ1v) is 4.62. The minimum absolute atomic E-state index is 0.101. The van der Waals surface area contributed by atoms with Crippen LogP contribution in [0.25, 0.3) is 0 Å². The van der Waals surface area contributed by atoms with E-state index >= 15 is 0 Å². The summed E-state index contributed by atoms with van der Waals surface area (Å²) in [5.41, 5.74) is 0.619. The van der Waals surface area contributed by atoms with Crippen LogP contribution in [0, 0.1) is 5.92 Å². The molecule has 0 fully saturated rings. The lowest BCUT2D eigenvalue weighted by atomic mass is 9.92. The van der Waals surface area contributed by atoms with E-state index in [0.717, 1.165) is 0 Å². The number of Topliss-reactive ketones (excluding diaryl/α,β-unsaturated/α-hetero) is 1. The minimum Gasteiger partial charge on any atom is -0.469 e. The van der Waals surface area contributed by atoms with Gasteiger partial charge in [-0.25, -0.2) is 0 Å². The van der Waals surface area contributed by atoms with Crippen molar-refractivity contribution in [2.45, 2.75) is 19.8 Å². The van der Waals surface area contributed by atoms with Gasteiger partial charge in [0.2, 0.25) is 0 Å². The van der Waals surface area contributed by atoms with Crippen LogP contribution in [0.2, 0.25) is 0 Å². The fourth-order valence-corrected chi connectivity index (χ4v) is 1.30. The molecule has 0 radical (unpaired) electrons. The summed E-state index contributed by atoms with van der Waals surface area (Å²) in [4.78, 5) is 22.3. The fourth-order valence-electron chi connectivity index (χ4n) is 1.30. The minimum atomic E-state index is -0.322. The molecular formula is C11H14O3. The molecule has 0 N–H and O–H groups in total. The monoisotopic (exact) mass is 194 g/mol. The Labute approximate surface area is 83.4 Å². The first kappa shape index (κ1) is 10.7. The van der Waals surface area contributed by atoms with E-state index in [2.05, 4.69) is 4.74 Å². The molecule has 0 saturated carbocycles. The van der Waals surface area contributed by atoms with Crippen molar-refractivity contribution in [2.75, 3.05) is 7.11 Å². The van der Waals surface area contributed by atoms with Gasteiger partial charge in [0.1, 0.15) is 0 Å². The van der Waals surface area contributed by atoms with Crippen molar-refractivity contribution in [1.82, 2.24) is 0 Å². The molecule has 3 heteroatoms. The highest BCUT2D eigenvalue weighted by molar-refractivity contribution is 5.99. The number of rotatable bonds is 2. The maximum atomic E-state index is 11.4. The lowest BCUT2D eigenvalue weighted by molar-refractivity contribution is -0.139.